The minimum absolute atomic E-state index is 0.567. The first-order valence-electron chi connectivity index (χ1n) is 20.4. The van der Waals surface area contributed by atoms with E-state index in [1.165, 1.54) is 55.0 Å². The second-order valence-corrected chi connectivity index (χ2v) is 16.3. The van der Waals surface area contributed by atoms with E-state index in [4.69, 9.17) is 6.58 Å². The molecule has 8 aromatic carbocycles. The zero-order valence-corrected chi connectivity index (χ0v) is 33.8. The van der Waals surface area contributed by atoms with Crippen LogP contribution in [-0.4, -0.2) is 0 Å². The molecule has 0 saturated carbocycles. The molecule has 1 heterocycles. The van der Waals surface area contributed by atoms with Gasteiger partial charge in [-0.3, -0.25) is 0 Å². The van der Waals surface area contributed by atoms with Crippen molar-refractivity contribution in [1.82, 2.24) is 0 Å². The quantitative estimate of drug-likeness (QED) is 0.159. The highest BCUT2D eigenvalue weighted by molar-refractivity contribution is 8.06. The van der Waals surface area contributed by atoms with E-state index in [1.807, 2.05) is 11.8 Å². The summed E-state index contributed by atoms with van der Waals surface area (Å²) in [5.74, 6) is 0. The third-order valence-corrected chi connectivity index (χ3v) is 13.1. The predicted octanol–water partition coefficient (Wildman–Crippen LogP) is 15.7. The number of fused-ring (bicyclic) bond motifs is 9. The molecule has 2 aliphatic carbocycles. The number of hydrogen-bond acceptors (Lipinski definition) is 3. The van der Waals surface area contributed by atoms with Crippen LogP contribution in [0, 0.1) is 0 Å². The second kappa shape index (κ2) is 14.8. The molecule has 0 unspecified atom stereocenters. The highest BCUT2D eigenvalue weighted by Gasteiger charge is 2.53. The minimum Gasteiger partial charge on any atom is -0.311 e. The summed E-state index contributed by atoms with van der Waals surface area (Å²) in [6, 6.07) is 74.9. The van der Waals surface area contributed by atoms with Gasteiger partial charge in [-0.15, -0.1) is 11.8 Å². The number of thioether (sulfide) groups is 1. The summed E-state index contributed by atoms with van der Waals surface area (Å²) in [6.07, 6.45) is 6.42. The second-order valence-electron chi connectivity index (χ2n) is 15.4. The lowest BCUT2D eigenvalue weighted by molar-refractivity contribution is 0.809. The molecule has 0 fully saturated rings. The lowest BCUT2D eigenvalue weighted by Crippen LogP contribution is -2.26. The van der Waals surface area contributed by atoms with Crippen molar-refractivity contribution in [3.8, 4) is 22.3 Å². The van der Waals surface area contributed by atoms with Crippen molar-refractivity contribution in [2.75, 3.05) is 9.80 Å². The van der Waals surface area contributed by atoms with E-state index in [0.29, 0.717) is 0 Å². The summed E-state index contributed by atoms with van der Waals surface area (Å²) in [7, 11) is 0. The van der Waals surface area contributed by atoms with Gasteiger partial charge in [0.2, 0.25) is 0 Å². The third-order valence-electron chi connectivity index (χ3n) is 12.1. The Labute approximate surface area is 356 Å². The highest BCUT2D eigenvalue weighted by atomic mass is 32.2. The molecule has 0 N–H and O–H groups in total. The Morgan fingerprint density at radius 2 is 0.850 bits per heavy atom. The molecule has 3 aliphatic rings. The molecule has 1 atom stereocenters. The Kier molecular flexibility index (Phi) is 8.83. The topological polar surface area (TPSA) is 6.48 Å². The Balaban J connectivity index is 1.11. The van der Waals surface area contributed by atoms with Gasteiger partial charge in [0.05, 0.1) is 5.41 Å². The monoisotopic (exact) mass is 784 g/mol. The minimum atomic E-state index is -0.567. The molecule has 1 spiro atoms. The molecular formula is C57H40N2S. The van der Waals surface area contributed by atoms with Gasteiger partial charge in [-0.05, 0) is 134 Å². The first kappa shape index (κ1) is 35.8. The van der Waals surface area contributed by atoms with Gasteiger partial charge in [0.25, 0.3) is 0 Å². The van der Waals surface area contributed by atoms with Crippen LogP contribution in [0.1, 0.15) is 22.3 Å². The SMILES string of the molecule is C=C1/C=C\C=C/SC2=C1c1ccc(N(c3ccccc3)c3ccccc3)cc1[C@@]21c2ccccc2-c2ccc(-c3ccc(N(c4ccccc4)c4ccccc4)cc3)cc21. The number of rotatable bonds is 7. The van der Waals surface area contributed by atoms with Crippen molar-refractivity contribution in [2.24, 2.45) is 0 Å². The zero-order chi connectivity index (χ0) is 40.0. The Hall–Kier alpha value is -7.33. The van der Waals surface area contributed by atoms with Crippen LogP contribution >= 0.6 is 11.8 Å². The Morgan fingerprint density at radius 1 is 0.383 bits per heavy atom. The number of allylic oxidation sites excluding steroid dienone is 6. The molecular weight excluding hydrogens is 745 g/mol. The van der Waals surface area contributed by atoms with Gasteiger partial charge < -0.3 is 9.80 Å². The molecule has 0 radical (unpaired) electrons. The smallest absolute Gasteiger partial charge is 0.0789 e. The van der Waals surface area contributed by atoms with Crippen molar-refractivity contribution in [2.45, 2.75) is 5.41 Å². The highest BCUT2D eigenvalue weighted by Crippen LogP contribution is 2.66. The van der Waals surface area contributed by atoms with Gasteiger partial charge in [-0.2, -0.15) is 0 Å². The largest absolute Gasteiger partial charge is 0.311 e. The van der Waals surface area contributed by atoms with E-state index in [0.717, 1.165) is 39.7 Å². The van der Waals surface area contributed by atoms with E-state index in [2.05, 4.69) is 240 Å². The molecule has 11 rings (SSSR count). The average Bonchev–Trinajstić information content (AvgIpc) is 3.76. The zero-order valence-electron chi connectivity index (χ0n) is 32.9. The average molecular weight is 785 g/mol. The number of anilines is 6. The van der Waals surface area contributed by atoms with Crippen LogP contribution in [0.2, 0.25) is 0 Å². The van der Waals surface area contributed by atoms with Gasteiger partial charge >= 0.3 is 0 Å². The normalized spacial score (nSPS) is 16.9. The fourth-order valence-corrected chi connectivity index (χ4v) is 10.7. The molecule has 8 aromatic rings. The molecule has 2 nitrogen and oxygen atoms in total. The van der Waals surface area contributed by atoms with Crippen LogP contribution in [0.4, 0.5) is 34.1 Å². The van der Waals surface area contributed by atoms with Crippen molar-refractivity contribution in [3.05, 3.63) is 269 Å². The summed E-state index contributed by atoms with van der Waals surface area (Å²) in [5, 5.41) is 2.24. The maximum atomic E-state index is 4.70. The number of hydrogen-bond donors (Lipinski definition) is 0. The predicted molar refractivity (Wildman–Crippen MR) is 255 cm³/mol. The molecule has 0 amide bonds. The molecule has 3 heteroatoms. The fourth-order valence-electron chi connectivity index (χ4n) is 9.50. The van der Waals surface area contributed by atoms with Gasteiger partial charge in [-0.1, -0.05) is 152 Å². The van der Waals surface area contributed by atoms with Crippen molar-refractivity contribution >= 4 is 51.5 Å². The van der Waals surface area contributed by atoms with E-state index in [9.17, 15) is 0 Å². The van der Waals surface area contributed by atoms with Crippen LogP contribution in [0.3, 0.4) is 0 Å². The van der Waals surface area contributed by atoms with E-state index >= 15 is 0 Å². The van der Waals surface area contributed by atoms with Crippen LogP contribution in [-0.2, 0) is 5.41 Å². The maximum absolute atomic E-state index is 4.70. The molecule has 0 saturated heterocycles. The summed E-state index contributed by atoms with van der Waals surface area (Å²) < 4.78 is 0. The summed E-state index contributed by atoms with van der Waals surface area (Å²) in [5.41, 5.74) is 18.4. The molecule has 284 valence electrons. The Morgan fingerprint density at radius 3 is 1.47 bits per heavy atom. The first-order chi connectivity index (χ1) is 29.7. The third kappa shape index (κ3) is 5.73. The van der Waals surface area contributed by atoms with E-state index in [1.54, 1.807) is 0 Å². The number of nitrogens with zero attached hydrogens (tertiary/aromatic N) is 2. The van der Waals surface area contributed by atoms with Crippen molar-refractivity contribution in [3.63, 3.8) is 0 Å². The van der Waals surface area contributed by atoms with Crippen LogP contribution < -0.4 is 9.80 Å². The van der Waals surface area contributed by atoms with Gasteiger partial charge in [0, 0.05) is 44.6 Å². The molecule has 0 bridgehead atoms. The Bertz CT molecular complexity index is 2920. The van der Waals surface area contributed by atoms with Gasteiger partial charge in [-0.25, -0.2) is 0 Å². The van der Waals surface area contributed by atoms with E-state index < -0.39 is 5.41 Å². The lowest BCUT2D eigenvalue weighted by atomic mass is 9.73. The van der Waals surface area contributed by atoms with Crippen LogP contribution in [0.5, 0.6) is 0 Å². The standard InChI is InChI=1S/C57H40N2S/c1-40-18-16-17-37-60-56-55(40)51-36-34-48(59(45-23-10-4-11-24-45)46-25-12-5-13-26-46)39-54(51)57(56)52-28-15-14-27-49(52)50-35-31-42(38-53(50)57)41-29-32-47(33-30-41)58(43-19-6-2-7-20-43)44-21-8-3-9-22-44/h2-39H,1H2/b18-16-,37-17-/t57-/m0/s1. The first-order valence-corrected chi connectivity index (χ1v) is 21.3. The molecule has 60 heavy (non-hydrogen) atoms. The lowest BCUT2D eigenvalue weighted by Gasteiger charge is -2.33. The fraction of sp³-hybridized carbons (Fsp3) is 0.0175. The van der Waals surface area contributed by atoms with Crippen molar-refractivity contribution < 1.29 is 0 Å². The van der Waals surface area contributed by atoms with Gasteiger partial charge in [0.1, 0.15) is 0 Å². The summed E-state index contributed by atoms with van der Waals surface area (Å²) in [6.45, 7) is 4.70. The molecule has 0 aromatic heterocycles. The van der Waals surface area contributed by atoms with Gasteiger partial charge in [0.15, 0.2) is 0 Å². The van der Waals surface area contributed by atoms with Crippen LogP contribution in [0.15, 0.2) is 247 Å². The number of benzene rings is 8. The maximum Gasteiger partial charge on any atom is 0.0789 e. The van der Waals surface area contributed by atoms with Crippen molar-refractivity contribution in [1.29, 1.82) is 0 Å². The number of para-hydroxylation sites is 4. The molecule has 1 aliphatic heterocycles. The summed E-state index contributed by atoms with van der Waals surface area (Å²) >= 11 is 1.83. The van der Waals surface area contributed by atoms with E-state index in [-0.39, 0.29) is 0 Å². The van der Waals surface area contributed by atoms with Crippen LogP contribution in [0.25, 0.3) is 27.8 Å². The summed E-state index contributed by atoms with van der Waals surface area (Å²) in [4.78, 5) is 5.99.